The van der Waals surface area contributed by atoms with Crippen LogP contribution in [0, 0.1) is 0 Å². The lowest BCUT2D eigenvalue weighted by molar-refractivity contribution is -0.134. The fraction of sp³-hybridized carbons (Fsp3) is 0.240. The van der Waals surface area contributed by atoms with Gasteiger partial charge in [-0.15, -0.1) is 10.2 Å². The lowest BCUT2D eigenvalue weighted by Crippen LogP contribution is -2.45. The minimum Gasteiger partial charge on any atom is -0.478 e. The molecule has 2 aliphatic rings. The highest BCUT2D eigenvalue weighted by Crippen LogP contribution is 2.31. The molecule has 3 aromatic rings. The van der Waals surface area contributed by atoms with Gasteiger partial charge in [-0.1, -0.05) is 41.9 Å². The number of nitrogens with zero attached hydrogens (tertiary/aromatic N) is 6. The van der Waals surface area contributed by atoms with Gasteiger partial charge in [-0.3, -0.25) is 9.56 Å². The van der Waals surface area contributed by atoms with Crippen LogP contribution < -0.4 is 4.90 Å². The minimum atomic E-state index is -1.26. The molecule has 2 N–H and O–H groups in total. The maximum absolute atomic E-state index is 9.55. The van der Waals surface area contributed by atoms with Crippen molar-refractivity contribution in [3.63, 3.8) is 0 Å². The Morgan fingerprint density at radius 1 is 0.944 bits per heavy atom. The lowest BCUT2D eigenvalue weighted by atomic mass is 10.0. The maximum Gasteiger partial charge on any atom is 0.328 e. The molecule has 2 aliphatic heterocycles. The Kier molecular flexibility index (Phi) is 7.77. The Balaban J connectivity index is 0.000000331. The molecule has 11 heteroatoms. The molecule has 1 fully saturated rings. The second-order valence-electron chi connectivity index (χ2n) is 8.24. The standard InChI is InChI=1S/C21H21ClN6.C4H4O4/c1-26-9-11-27(12-10-26)21-25-24-19-14-23-20(15-5-3-2-4-6-15)17-13-16(22)7-8-18(17)28(19)21;5-3(6)1-2-4(7)8/h2-8,13H,9-12,14H2,1H3;1-2H,(H,5,6)(H,7,8)/b;2-1+. The second kappa shape index (κ2) is 11.1. The van der Waals surface area contributed by atoms with E-state index in [0.29, 0.717) is 23.7 Å². The summed E-state index contributed by atoms with van der Waals surface area (Å²) in [5.74, 6) is -0.778. The van der Waals surface area contributed by atoms with Gasteiger partial charge in [0.1, 0.15) is 6.54 Å². The van der Waals surface area contributed by atoms with Crippen molar-refractivity contribution in [2.24, 2.45) is 4.99 Å². The molecule has 0 saturated carbocycles. The molecular formula is C25H25ClN6O4. The molecule has 10 nitrogen and oxygen atoms in total. The van der Waals surface area contributed by atoms with Crippen molar-refractivity contribution in [1.82, 2.24) is 19.7 Å². The molecule has 36 heavy (non-hydrogen) atoms. The fourth-order valence-corrected chi connectivity index (χ4v) is 4.15. The predicted octanol–water partition coefficient (Wildman–Crippen LogP) is 2.74. The normalized spacial score (nSPS) is 15.3. The number of hydrogen-bond donors (Lipinski definition) is 2. The summed E-state index contributed by atoms with van der Waals surface area (Å²) >= 11 is 6.38. The number of piperazine rings is 1. The quantitative estimate of drug-likeness (QED) is 0.515. The zero-order valence-corrected chi connectivity index (χ0v) is 20.3. The SMILES string of the molecule is CN1CCN(c2nnc3n2-c2ccc(Cl)cc2C(c2ccccc2)=NC3)CC1.O=C(O)/C=C/C(=O)O. The number of benzene rings is 2. The molecule has 0 amide bonds. The summed E-state index contributed by atoms with van der Waals surface area (Å²) in [6, 6.07) is 16.2. The van der Waals surface area contributed by atoms with Gasteiger partial charge in [0.2, 0.25) is 5.95 Å². The molecule has 0 atom stereocenters. The molecule has 0 aliphatic carbocycles. The van der Waals surface area contributed by atoms with Crippen LogP contribution in [0.25, 0.3) is 5.69 Å². The van der Waals surface area contributed by atoms with E-state index in [1.165, 1.54) is 0 Å². The zero-order chi connectivity index (χ0) is 25.7. The highest BCUT2D eigenvalue weighted by molar-refractivity contribution is 6.31. The smallest absolute Gasteiger partial charge is 0.328 e. The first-order valence-electron chi connectivity index (χ1n) is 11.3. The van der Waals surface area contributed by atoms with E-state index in [2.05, 4.69) is 43.7 Å². The van der Waals surface area contributed by atoms with Crippen LogP contribution in [0.2, 0.25) is 5.02 Å². The van der Waals surface area contributed by atoms with E-state index >= 15 is 0 Å². The molecule has 3 heterocycles. The van der Waals surface area contributed by atoms with E-state index in [9.17, 15) is 9.59 Å². The van der Waals surface area contributed by atoms with Crippen LogP contribution in [-0.4, -0.2) is 80.8 Å². The van der Waals surface area contributed by atoms with Gasteiger partial charge >= 0.3 is 11.9 Å². The molecular weight excluding hydrogens is 484 g/mol. The van der Waals surface area contributed by atoms with Gasteiger partial charge in [0, 0.05) is 54.5 Å². The fourth-order valence-electron chi connectivity index (χ4n) is 3.98. The van der Waals surface area contributed by atoms with E-state index < -0.39 is 11.9 Å². The van der Waals surface area contributed by atoms with E-state index in [1.54, 1.807) is 0 Å². The molecule has 0 radical (unpaired) electrons. The topological polar surface area (TPSA) is 124 Å². The monoisotopic (exact) mass is 508 g/mol. The molecule has 1 aromatic heterocycles. The largest absolute Gasteiger partial charge is 0.478 e. The van der Waals surface area contributed by atoms with E-state index in [0.717, 1.165) is 60.5 Å². The molecule has 1 saturated heterocycles. The van der Waals surface area contributed by atoms with Crippen LogP contribution in [-0.2, 0) is 16.1 Å². The summed E-state index contributed by atoms with van der Waals surface area (Å²) in [7, 11) is 2.15. The number of rotatable bonds is 4. The van der Waals surface area contributed by atoms with Crippen molar-refractivity contribution in [2.45, 2.75) is 6.54 Å². The predicted molar refractivity (Wildman–Crippen MR) is 136 cm³/mol. The van der Waals surface area contributed by atoms with Crippen molar-refractivity contribution in [3.05, 3.63) is 82.7 Å². The third kappa shape index (κ3) is 5.78. The number of aromatic nitrogens is 3. The van der Waals surface area contributed by atoms with Gasteiger partial charge in [0.15, 0.2) is 5.82 Å². The molecule has 0 unspecified atom stereocenters. The van der Waals surface area contributed by atoms with E-state index in [4.69, 9.17) is 26.8 Å². The van der Waals surface area contributed by atoms with Gasteiger partial charge < -0.3 is 20.0 Å². The highest BCUT2D eigenvalue weighted by atomic mass is 35.5. The summed E-state index contributed by atoms with van der Waals surface area (Å²) in [5.41, 5.74) is 4.05. The summed E-state index contributed by atoms with van der Waals surface area (Å²) < 4.78 is 2.15. The number of aliphatic imine (C=N–C) groups is 1. The van der Waals surface area contributed by atoms with Gasteiger partial charge in [-0.2, -0.15) is 0 Å². The number of carboxylic acid groups (broad SMARTS) is 2. The second-order valence-corrected chi connectivity index (χ2v) is 8.68. The number of anilines is 1. The number of carboxylic acids is 2. The summed E-state index contributed by atoms with van der Waals surface area (Å²) in [4.78, 5) is 28.6. The van der Waals surface area contributed by atoms with Crippen molar-refractivity contribution in [3.8, 4) is 5.69 Å². The molecule has 0 spiro atoms. The summed E-state index contributed by atoms with van der Waals surface area (Å²) in [6.45, 7) is 4.38. The van der Waals surface area contributed by atoms with Gasteiger partial charge in [0.05, 0.1) is 11.4 Å². The number of likely N-dealkylation sites (N-methyl/N-ethyl adjacent to an activating group) is 1. The maximum atomic E-state index is 9.55. The number of carbonyl (C=O) groups is 2. The summed E-state index contributed by atoms with van der Waals surface area (Å²) in [6.07, 6.45) is 1.12. The summed E-state index contributed by atoms with van der Waals surface area (Å²) in [5, 5.41) is 25.3. The number of fused-ring (bicyclic) bond motifs is 3. The average Bonchev–Trinajstić information content (AvgIpc) is 3.21. The highest BCUT2D eigenvalue weighted by Gasteiger charge is 2.27. The third-order valence-corrected chi connectivity index (χ3v) is 5.98. The molecule has 2 aromatic carbocycles. The number of aliphatic carboxylic acids is 2. The Morgan fingerprint density at radius 2 is 1.61 bits per heavy atom. The number of hydrogen-bond acceptors (Lipinski definition) is 7. The first-order chi connectivity index (χ1) is 17.3. The third-order valence-electron chi connectivity index (χ3n) is 5.75. The first-order valence-corrected chi connectivity index (χ1v) is 11.6. The average molecular weight is 509 g/mol. The van der Waals surface area contributed by atoms with E-state index in [-0.39, 0.29) is 0 Å². The number of halogens is 1. The van der Waals surface area contributed by atoms with Crippen molar-refractivity contribution < 1.29 is 19.8 Å². The Bertz CT molecular complexity index is 1300. The van der Waals surface area contributed by atoms with Gasteiger partial charge in [-0.25, -0.2) is 9.59 Å². The van der Waals surface area contributed by atoms with Crippen LogP contribution >= 0.6 is 11.6 Å². The van der Waals surface area contributed by atoms with Gasteiger partial charge in [-0.05, 0) is 25.2 Å². The van der Waals surface area contributed by atoms with E-state index in [1.807, 2.05) is 36.4 Å². The van der Waals surface area contributed by atoms with Crippen molar-refractivity contribution in [2.75, 3.05) is 38.1 Å². The molecule has 0 bridgehead atoms. The van der Waals surface area contributed by atoms with Crippen LogP contribution in [0.4, 0.5) is 5.95 Å². The van der Waals surface area contributed by atoms with Crippen LogP contribution in [0.5, 0.6) is 0 Å². The Morgan fingerprint density at radius 3 is 2.25 bits per heavy atom. The van der Waals surface area contributed by atoms with Gasteiger partial charge in [0.25, 0.3) is 0 Å². The Labute approximate surface area is 212 Å². The molecule has 186 valence electrons. The van der Waals surface area contributed by atoms with Crippen LogP contribution in [0.1, 0.15) is 17.0 Å². The van der Waals surface area contributed by atoms with Crippen LogP contribution in [0.15, 0.2) is 65.7 Å². The van der Waals surface area contributed by atoms with Crippen molar-refractivity contribution in [1.29, 1.82) is 0 Å². The molecule has 5 rings (SSSR count). The van der Waals surface area contributed by atoms with Crippen LogP contribution in [0.3, 0.4) is 0 Å². The minimum absolute atomic E-state index is 0.483. The lowest BCUT2D eigenvalue weighted by Gasteiger charge is -2.33. The Hall–Kier alpha value is -4.02. The first kappa shape index (κ1) is 25.1. The van der Waals surface area contributed by atoms with Crippen molar-refractivity contribution >= 4 is 35.2 Å². The zero-order valence-electron chi connectivity index (χ0n) is 19.6.